The van der Waals surface area contributed by atoms with Gasteiger partial charge in [0.1, 0.15) is 5.52 Å². The normalized spacial score (nSPS) is 12.7. The number of benzene rings is 2. The molecule has 0 aliphatic rings. The molecule has 3 rings (SSSR count). The van der Waals surface area contributed by atoms with E-state index in [1.165, 1.54) is 5.56 Å². The lowest BCUT2D eigenvalue weighted by atomic mass is 10.1. The molecule has 21 heavy (non-hydrogen) atoms. The smallest absolute Gasteiger partial charge is 0.113 e. The van der Waals surface area contributed by atoms with E-state index in [0.29, 0.717) is 0 Å². The lowest BCUT2D eigenvalue weighted by molar-refractivity contribution is 0.567. The predicted octanol–water partition coefficient (Wildman–Crippen LogP) is 3.48. The van der Waals surface area contributed by atoms with Crippen molar-refractivity contribution in [3.05, 3.63) is 54.1 Å². The summed E-state index contributed by atoms with van der Waals surface area (Å²) in [7, 11) is 0. The molecule has 0 aliphatic heterocycles. The summed E-state index contributed by atoms with van der Waals surface area (Å²) in [6.07, 6.45) is 1.12. The molecule has 108 valence electrons. The van der Waals surface area contributed by atoms with E-state index in [1.54, 1.807) is 0 Å². The minimum Gasteiger partial charge on any atom is -0.310 e. The van der Waals surface area contributed by atoms with E-state index in [0.717, 1.165) is 29.7 Å². The third-order valence-electron chi connectivity index (χ3n) is 3.68. The lowest BCUT2D eigenvalue weighted by Crippen LogP contribution is -2.20. The van der Waals surface area contributed by atoms with Crippen molar-refractivity contribution < 1.29 is 0 Å². The summed E-state index contributed by atoms with van der Waals surface area (Å²) in [6, 6.07) is 16.7. The Bertz CT molecular complexity index is 732. The highest BCUT2D eigenvalue weighted by atomic mass is 15.4. The third kappa shape index (κ3) is 2.67. The van der Waals surface area contributed by atoms with Crippen molar-refractivity contribution in [1.29, 1.82) is 0 Å². The van der Waals surface area contributed by atoms with Crippen LogP contribution in [0.15, 0.2) is 48.5 Å². The first-order valence-corrected chi connectivity index (χ1v) is 7.44. The molecule has 1 heterocycles. The maximum Gasteiger partial charge on any atom is 0.113 e. The van der Waals surface area contributed by atoms with Gasteiger partial charge < -0.3 is 5.32 Å². The summed E-state index contributed by atoms with van der Waals surface area (Å²) in [5, 5.41) is 12.1. The summed E-state index contributed by atoms with van der Waals surface area (Å²) in [4.78, 5) is 0. The molecule has 0 saturated carbocycles. The van der Waals surface area contributed by atoms with Gasteiger partial charge in [-0.3, -0.25) is 0 Å². The average Bonchev–Trinajstić information content (AvgIpc) is 2.96. The Morgan fingerprint density at radius 2 is 1.86 bits per heavy atom. The monoisotopic (exact) mass is 280 g/mol. The van der Waals surface area contributed by atoms with Gasteiger partial charge in [0.2, 0.25) is 0 Å². The SMILES string of the molecule is CCCNC(C)c1ccccc1-n1nnc2ccccc21. The first-order chi connectivity index (χ1) is 10.3. The number of rotatable bonds is 5. The first kappa shape index (κ1) is 13.8. The second-order valence-corrected chi connectivity index (χ2v) is 5.22. The Morgan fingerprint density at radius 3 is 2.71 bits per heavy atom. The average molecular weight is 280 g/mol. The molecular weight excluding hydrogens is 260 g/mol. The molecular formula is C17H20N4. The molecule has 0 saturated heterocycles. The molecule has 1 unspecified atom stereocenters. The largest absolute Gasteiger partial charge is 0.310 e. The van der Waals surface area contributed by atoms with Crippen molar-refractivity contribution in [3.8, 4) is 5.69 Å². The summed E-state index contributed by atoms with van der Waals surface area (Å²) in [6.45, 7) is 5.37. The van der Waals surface area contributed by atoms with Gasteiger partial charge in [-0.1, -0.05) is 42.5 Å². The van der Waals surface area contributed by atoms with Crippen LogP contribution < -0.4 is 5.32 Å². The van der Waals surface area contributed by atoms with Gasteiger partial charge in [0, 0.05) is 6.04 Å². The van der Waals surface area contributed by atoms with Crippen molar-refractivity contribution in [2.75, 3.05) is 6.54 Å². The second-order valence-electron chi connectivity index (χ2n) is 5.22. The maximum absolute atomic E-state index is 4.33. The summed E-state index contributed by atoms with van der Waals surface area (Å²) >= 11 is 0. The Morgan fingerprint density at radius 1 is 1.10 bits per heavy atom. The standard InChI is InChI=1S/C17H20N4/c1-3-12-18-13(2)14-8-4-6-10-16(14)21-17-11-7-5-9-15(17)19-20-21/h4-11,13,18H,3,12H2,1-2H3. The highest BCUT2D eigenvalue weighted by molar-refractivity contribution is 5.76. The molecule has 1 atom stereocenters. The number of hydrogen-bond donors (Lipinski definition) is 1. The fourth-order valence-corrected chi connectivity index (χ4v) is 2.56. The molecule has 0 radical (unpaired) electrons. The Kier molecular flexibility index (Phi) is 3.97. The molecule has 1 N–H and O–H groups in total. The van der Waals surface area contributed by atoms with Gasteiger partial charge in [-0.25, -0.2) is 4.68 Å². The molecule has 2 aromatic carbocycles. The topological polar surface area (TPSA) is 42.7 Å². The molecule has 3 aromatic rings. The van der Waals surface area contributed by atoms with Gasteiger partial charge >= 0.3 is 0 Å². The fourth-order valence-electron chi connectivity index (χ4n) is 2.56. The number of hydrogen-bond acceptors (Lipinski definition) is 3. The molecule has 1 aromatic heterocycles. The van der Waals surface area contributed by atoms with E-state index < -0.39 is 0 Å². The van der Waals surface area contributed by atoms with Gasteiger partial charge in [-0.15, -0.1) is 5.10 Å². The van der Waals surface area contributed by atoms with Crippen molar-refractivity contribution >= 4 is 11.0 Å². The predicted molar refractivity (Wildman–Crippen MR) is 85.6 cm³/mol. The number of para-hydroxylation sites is 2. The van der Waals surface area contributed by atoms with E-state index in [1.807, 2.05) is 28.9 Å². The van der Waals surface area contributed by atoms with E-state index in [2.05, 4.69) is 53.7 Å². The lowest BCUT2D eigenvalue weighted by Gasteiger charge is -2.17. The van der Waals surface area contributed by atoms with Crippen LogP contribution in [-0.4, -0.2) is 21.5 Å². The van der Waals surface area contributed by atoms with Crippen LogP contribution in [0.1, 0.15) is 31.9 Å². The van der Waals surface area contributed by atoms with Crippen LogP contribution >= 0.6 is 0 Å². The minimum atomic E-state index is 0.282. The highest BCUT2D eigenvalue weighted by Crippen LogP contribution is 2.24. The van der Waals surface area contributed by atoms with Gasteiger partial charge in [0.05, 0.1) is 11.2 Å². The van der Waals surface area contributed by atoms with Crippen LogP contribution in [-0.2, 0) is 0 Å². The molecule has 0 fully saturated rings. The van der Waals surface area contributed by atoms with Crippen LogP contribution in [0.4, 0.5) is 0 Å². The van der Waals surface area contributed by atoms with Gasteiger partial charge in [0.25, 0.3) is 0 Å². The fraction of sp³-hybridized carbons (Fsp3) is 0.294. The van der Waals surface area contributed by atoms with Crippen LogP contribution in [0, 0.1) is 0 Å². The Balaban J connectivity index is 2.06. The highest BCUT2D eigenvalue weighted by Gasteiger charge is 2.13. The van der Waals surface area contributed by atoms with Crippen LogP contribution in [0.2, 0.25) is 0 Å². The van der Waals surface area contributed by atoms with Gasteiger partial charge in [-0.05, 0) is 43.7 Å². The second kappa shape index (κ2) is 6.06. The summed E-state index contributed by atoms with van der Waals surface area (Å²) in [5.74, 6) is 0. The van der Waals surface area contributed by atoms with E-state index in [-0.39, 0.29) is 6.04 Å². The van der Waals surface area contributed by atoms with Gasteiger partial charge in [0.15, 0.2) is 0 Å². The summed E-state index contributed by atoms with van der Waals surface area (Å²) < 4.78 is 1.93. The molecule has 0 amide bonds. The van der Waals surface area contributed by atoms with Gasteiger partial charge in [-0.2, -0.15) is 0 Å². The van der Waals surface area contributed by atoms with Crippen LogP contribution in [0.3, 0.4) is 0 Å². The quantitative estimate of drug-likeness (QED) is 0.778. The van der Waals surface area contributed by atoms with E-state index >= 15 is 0 Å². The number of nitrogens with one attached hydrogen (secondary N) is 1. The number of aromatic nitrogens is 3. The van der Waals surface area contributed by atoms with E-state index in [4.69, 9.17) is 0 Å². The van der Waals surface area contributed by atoms with Crippen molar-refractivity contribution in [1.82, 2.24) is 20.3 Å². The number of fused-ring (bicyclic) bond motifs is 1. The van der Waals surface area contributed by atoms with Crippen LogP contribution in [0.25, 0.3) is 16.7 Å². The first-order valence-electron chi connectivity index (χ1n) is 7.44. The summed E-state index contributed by atoms with van der Waals surface area (Å²) in [5.41, 5.74) is 4.28. The van der Waals surface area contributed by atoms with Crippen LogP contribution in [0.5, 0.6) is 0 Å². The zero-order valence-corrected chi connectivity index (χ0v) is 12.5. The zero-order valence-electron chi connectivity index (χ0n) is 12.5. The van der Waals surface area contributed by atoms with Crippen molar-refractivity contribution in [3.63, 3.8) is 0 Å². The zero-order chi connectivity index (χ0) is 14.7. The van der Waals surface area contributed by atoms with Crippen molar-refractivity contribution in [2.24, 2.45) is 0 Å². The molecule has 4 nitrogen and oxygen atoms in total. The molecule has 0 bridgehead atoms. The Hall–Kier alpha value is -2.20. The molecule has 4 heteroatoms. The van der Waals surface area contributed by atoms with Crippen molar-refractivity contribution in [2.45, 2.75) is 26.3 Å². The Labute approximate surface area is 124 Å². The third-order valence-corrected chi connectivity index (χ3v) is 3.68. The molecule has 0 aliphatic carbocycles. The molecule has 0 spiro atoms. The number of nitrogens with zero attached hydrogens (tertiary/aromatic N) is 3. The van der Waals surface area contributed by atoms with E-state index in [9.17, 15) is 0 Å². The minimum absolute atomic E-state index is 0.282. The maximum atomic E-state index is 4.33.